The van der Waals surface area contributed by atoms with E-state index in [-0.39, 0.29) is 11.4 Å². The van der Waals surface area contributed by atoms with Crippen LogP contribution in [-0.2, 0) is 7.05 Å². The van der Waals surface area contributed by atoms with Gasteiger partial charge in [0, 0.05) is 26.7 Å². The number of aryl methyl sites for hydroxylation is 2. The lowest BCUT2D eigenvalue weighted by Crippen LogP contribution is -2.63. The van der Waals surface area contributed by atoms with Crippen molar-refractivity contribution in [3.63, 3.8) is 0 Å². The van der Waals surface area contributed by atoms with Gasteiger partial charge in [-0.1, -0.05) is 19.3 Å². The van der Waals surface area contributed by atoms with Crippen LogP contribution in [0.5, 0.6) is 0 Å². The minimum atomic E-state index is -0.375. The standard InChI is InChI=1S/C15H25N5O/c1-11-12(13(16)21)14(19(2)18-11)20-9-8-17-10-15(20)6-4-3-5-7-15/h17H,3-10H2,1-2H3,(H2,16,21). The normalized spacial score (nSPS) is 21.7. The molecule has 1 amide bonds. The van der Waals surface area contributed by atoms with Crippen molar-refractivity contribution in [2.45, 2.75) is 44.6 Å². The van der Waals surface area contributed by atoms with Gasteiger partial charge in [0.25, 0.3) is 5.91 Å². The van der Waals surface area contributed by atoms with E-state index >= 15 is 0 Å². The topological polar surface area (TPSA) is 76.2 Å². The molecule has 2 fully saturated rings. The highest BCUT2D eigenvalue weighted by molar-refractivity contribution is 5.99. The number of primary amides is 1. The maximum atomic E-state index is 11.9. The number of carbonyl (C=O) groups is 1. The molecule has 1 aromatic heterocycles. The number of nitrogens with one attached hydrogen (secondary N) is 1. The Morgan fingerprint density at radius 1 is 1.33 bits per heavy atom. The molecule has 3 N–H and O–H groups in total. The first-order valence-electron chi connectivity index (χ1n) is 7.87. The summed E-state index contributed by atoms with van der Waals surface area (Å²) in [7, 11) is 1.91. The minimum Gasteiger partial charge on any atom is -0.365 e. The van der Waals surface area contributed by atoms with Gasteiger partial charge in [0.05, 0.1) is 11.2 Å². The summed E-state index contributed by atoms with van der Waals surface area (Å²) in [5, 5.41) is 7.97. The van der Waals surface area contributed by atoms with Crippen LogP contribution in [0.2, 0.25) is 0 Å². The van der Waals surface area contributed by atoms with Crippen LogP contribution in [0.15, 0.2) is 0 Å². The Bertz CT molecular complexity index is 536. The molecule has 1 aliphatic carbocycles. The Labute approximate surface area is 125 Å². The number of carbonyl (C=O) groups excluding carboxylic acids is 1. The molecule has 6 nitrogen and oxygen atoms in total. The number of anilines is 1. The molecular weight excluding hydrogens is 266 g/mol. The first-order valence-corrected chi connectivity index (χ1v) is 7.87. The summed E-state index contributed by atoms with van der Waals surface area (Å²) in [6.07, 6.45) is 6.15. The van der Waals surface area contributed by atoms with Gasteiger partial charge in [-0.15, -0.1) is 0 Å². The second-order valence-corrected chi connectivity index (χ2v) is 6.39. The summed E-state index contributed by atoms with van der Waals surface area (Å²) in [6, 6.07) is 0. The average molecular weight is 291 g/mol. The van der Waals surface area contributed by atoms with E-state index in [9.17, 15) is 4.79 Å². The number of amides is 1. The van der Waals surface area contributed by atoms with Gasteiger partial charge in [0.2, 0.25) is 0 Å². The fraction of sp³-hybridized carbons (Fsp3) is 0.733. The molecule has 1 spiro atoms. The van der Waals surface area contributed by atoms with Crippen LogP contribution in [0.1, 0.15) is 48.2 Å². The Morgan fingerprint density at radius 3 is 2.71 bits per heavy atom. The summed E-state index contributed by atoms with van der Waals surface area (Å²) >= 11 is 0. The highest BCUT2D eigenvalue weighted by Gasteiger charge is 2.42. The summed E-state index contributed by atoms with van der Waals surface area (Å²) in [5.41, 5.74) is 7.04. The number of aromatic nitrogens is 2. The molecule has 6 heteroatoms. The summed E-state index contributed by atoms with van der Waals surface area (Å²) in [6.45, 7) is 4.68. The monoisotopic (exact) mass is 291 g/mol. The van der Waals surface area contributed by atoms with Gasteiger partial charge in [0.1, 0.15) is 11.4 Å². The first-order chi connectivity index (χ1) is 10.1. The average Bonchev–Trinajstić information content (AvgIpc) is 2.75. The Hall–Kier alpha value is -1.56. The van der Waals surface area contributed by atoms with E-state index in [1.165, 1.54) is 32.1 Å². The molecule has 1 saturated carbocycles. The van der Waals surface area contributed by atoms with Gasteiger partial charge >= 0.3 is 0 Å². The fourth-order valence-electron chi connectivity index (χ4n) is 4.08. The minimum absolute atomic E-state index is 0.112. The van der Waals surface area contributed by atoms with E-state index in [1.54, 1.807) is 0 Å². The van der Waals surface area contributed by atoms with E-state index in [2.05, 4.69) is 15.3 Å². The zero-order valence-electron chi connectivity index (χ0n) is 13.0. The molecular formula is C15H25N5O. The van der Waals surface area contributed by atoms with Crippen LogP contribution < -0.4 is 16.0 Å². The summed E-state index contributed by atoms with van der Waals surface area (Å²) in [5.74, 6) is 0.531. The lowest BCUT2D eigenvalue weighted by molar-refractivity contribution is 0.0999. The van der Waals surface area contributed by atoms with E-state index in [0.29, 0.717) is 5.56 Å². The van der Waals surface area contributed by atoms with E-state index in [0.717, 1.165) is 31.1 Å². The van der Waals surface area contributed by atoms with Crippen molar-refractivity contribution in [1.29, 1.82) is 0 Å². The largest absolute Gasteiger partial charge is 0.365 e. The van der Waals surface area contributed by atoms with Crippen molar-refractivity contribution in [2.75, 3.05) is 24.5 Å². The third-order valence-corrected chi connectivity index (χ3v) is 5.02. The van der Waals surface area contributed by atoms with Crippen LogP contribution in [0.25, 0.3) is 0 Å². The quantitative estimate of drug-likeness (QED) is 0.850. The van der Waals surface area contributed by atoms with Crippen molar-refractivity contribution in [1.82, 2.24) is 15.1 Å². The molecule has 1 saturated heterocycles. The van der Waals surface area contributed by atoms with E-state index < -0.39 is 0 Å². The number of hydrogen-bond donors (Lipinski definition) is 2. The Kier molecular flexibility index (Phi) is 3.65. The zero-order chi connectivity index (χ0) is 15.0. The van der Waals surface area contributed by atoms with Gasteiger partial charge in [0.15, 0.2) is 0 Å². The predicted octanol–water partition coefficient (Wildman–Crippen LogP) is 0.940. The van der Waals surface area contributed by atoms with Gasteiger partial charge in [-0.3, -0.25) is 9.48 Å². The second kappa shape index (κ2) is 5.33. The molecule has 3 rings (SSSR count). The predicted molar refractivity (Wildman–Crippen MR) is 82.5 cm³/mol. The van der Waals surface area contributed by atoms with Crippen molar-refractivity contribution >= 4 is 11.7 Å². The van der Waals surface area contributed by atoms with Crippen molar-refractivity contribution in [3.8, 4) is 0 Å². The number of hydrogen-bond acceptors (Lipinski definition) is 4. The second-order valence-electron chi connectivity index (χ2n) is 6.39. The zero-order valence-corrected chi connectivity index (χ0v) is 13.0. The molecule has 116 valence electrons. The number of rotatable bonds is 2. The molecule has 2 heterocycles. The lowest BCUT2D eigenvalue weighted by atomic mass is 9.79. The molecule has 0 atom stereocenters. The van der Waals surface area contributed by atoms with E-state index in [4.69, 9.17) is 5.73 Å². The van der Waals surface area contributed by atoms with Gasteiger partial charge in [-0.25, -0.2) is 0 Å². The third kappa shape index (κ3) is 2.31. The third-order valence-electron chi connectivity index (χ3n) is 5.02. The molecule has 1 aromatic rings. The number of nitrogens with zero attached hydrogens (tertiary/aromatic N) is 3. The molecule has 1 aliphatic heterocycles. The Balaban J connectivity index is 2.06. The van der Waals surface area contributed by atoms with Crippen LogP contribution in [0, 0.1) is 6.92 Å². The van der Waals surface area contributed by atoms with Gasteiger partial charge < -0.3 is 16.0 Å². The number of piperazine rings is 1. The van der Waals surface area contributed by atoms with Crippen LogP contribution in [0.3, 0.4) is 0 Å². The molecule has 0 bridgehead atoms. The van der Waals surface area contributed by atoms with Gasteiger partial charge in [-0.05, 0) is 19.8 Å². The number of nitrogens with two attached hydrogens (primary N) is 1. The SMILES string of the molecule is Cc1nn(C)c(N2CCNCC23CCCCC3)c1C(N)=O. The molecule has 0 unspecified atom stereocenters. The van der Waals surface area contributed by atoms with Crippen molar-refractivity contribution in [2.24, 2.45) is 12.8 Å². The van der Waals surface area contributed by atoms with Crippen molar-refractivity contribution < 1.29 is 4.79 Å². The highest BCUT2D eigenvalue weighted by atomic mass is 16.1. The van der Waals surface area contributed by atoms with Gasteiger partial charge in [-0.2, -0.15) is 5.10 Å². The summed E-state index contributed by atoms with van der Waals surface area (Å²) < 4.78 is 1.83. The molecule has 0 radical (unpaired) electrons. The lowest BCUT2D eigenvalue weighted by Gasteiger charge is -2.51. The maximum absolute atomic E-state index is 11.9. The fourth-order valence-corrected chi connectivity index (χ4v) is 4.08. The van der Waals surface area contributed by atoms with Crippen molar-refractivity contribution in [3.05, 3.63) is 11.3 Å². The smallest absolute Gasteiger partial charge is 0.254 e. The van der Waals surface area contributed by atoms with Crippen LogP contribution in [-0.4, -0.2) is 40.9 Å². The van der Waals surface area contributed by atoms with Crippen LogP contribution in [0.4, 0.5) is 5.82 Å². The molecule has 21 heavy (non-hydrogen) atoms. The van der Waals surface area contributed by atoms with Crippen LogP contribution >= 0.6 is 0 Å². The molecule has 2 aliphatic rings. The van der Waals surface area contributed by atoms with E-state index in [1.807, 2.05) is 18.7 Å². The molecule has 0 aromatic carbocycles. The Morgan fingerprint density at radius 2 is 2.05 bits per heavy atom. The first kappa shape index (κ1) is 14.4. The maximum Gasteiger partial charge on any atom is 0.254 e. The summed E-state index contributed by atoms with van der Waals surface area (Å²) in [4.78, 5) is 14.3. The highest BCUT2D eigenvalue weighted by Crippen LogP contribution is 2.39.